The number of hydrogen-bond donors (Lipinski definition) is 1. The predicted octanol–water partition coefficient (Wildman–Crippen LogP) is 1.26. The van der Waals surface area contributed by atoms with Crippen molar-refractivity contribution in [3.8, 4) is 6.07 Å². The van der Waals surface area contributed by atoms with Gasteiger partial charge < -0.3 is 5.73 Å². The van der Waals surface area contributed by atoms with E-state index in [0.717, 1.165) is 0 Å². The van der Waals surface area contributed by atoms with Gasteiger partial charge in [-0.15, -0.1) is 12.4 Å². The molecule has 110 valence electrons. The second-order valence-corrected chi connectivity index (χ2v) is 6.96. The van der Waals surface area contributed by atoms with Crippen molar-refractivity contribution in [3.63, 3.8) is 0 Å². The highest BCUT2D eigenvalue weighted by Gasteiger charge is 2.35. The first-order chi connectivity index (χ1) is 8.86. The molecule has 2 rings (SSSR count). The van der Waals surface area contributed by atoms with Crippen molar-refractivity contribution in [1.29, 1.82) is 5.26 Å². The molecule has 0 aliphatic carbocycles. The lowest BCUT2D eigenvalue weighted by molar-refractivity contribution is 0.464. The van der Waals surface area contributed by atoms with E-state index in [-0.39, 0.29) is 29.3 Å². The average Bonchev–Trinajstić information content (AvgIpc) is 2.70. The van der Waals surface area contributed by atoms with Gasteiger partial charge in [-0.2, -0.15) is 9.57 Å². The number of halogens is 1. The van der Waals surface area contributed by atoms with Crippen LogP contribution in [-0.4, -0.2) is 31.9 Å². The van der Waals surface area contributed by atoms with E-state index in [4.69, 9.17) is 11.0 Å². The smallest absolute Gasteiger partial charge is 0.243 e. The molecule has 0 aromatic heterocycles. The van der Waals surface area contributed by atoms with Crippen LogP contribution in [0.4, 0.5) is 0 Å². The van der Waals surface area contributed by atoms with Crippen LogP contribution >= 0.6 is 12.4 Å². The van der Waals surface area contributed by atoms with Gasteiger partial charge in [0.2, 0.25) is 10.0 Å². The van der Waals surface area contributed by atoms with Gasteiger partial charge >= 0.3 is 0 Å². The third-order valence-electron chi connectivity index (χ3n) is 3.56. The summed E-state index contributed by atoms with van der Waals surface area (Å²) in [5.74, 6) is 0.161. The van der Waals surface area contributed by atoms with Gasteiger partial charge in [0.25, 0.3) is 0 Å². The second-order valence-electron chi connectivity index (χ2n) is 5.06. The first-order valence-corrected chi connectivity index (χ1v) is 7.56. The minimum Gasteiger partial charge on any atom is -0.326 e. The monoisotopic (exact) mass is 315 g/mol. The van der Waals surface area contributed by atoms with Crippen molar-refractivity contribution >= 4 is 22.4 Å². The molecule has 0 saturated carbocycles. The zero-order chi connectivity index (χ0) is 14.2. The van der Waals surface area contributed by atoms with Gasteiger partial charge in [0.15, 0.2) is 0 Å². The molecule has 20 heavy (non-hydrogen) atoms. The zero-order valence-electron chi connectivity index (χ0n) is 11.4. The third-order valence-corrected chi connectivity index (χ3v) is 5.55. The molecule has 2 atom stereocenters. The zero-order valence-corrected chi connectivity index (χ0v) is 13.0. The maximum Gasteiger partial charge on any atom is 0.243 e. The molecule has 1 saturated heterocycles. The maximum absolute atomic E-state index is 12.5. The van der Waals surface area contributed by atoms with E-state index in [1.165, 1.54) is 16.4 Å². The molecule has 1 heterocycles. The number of sulfonamides is 1. The Morgan fingerprint density at radius 3 is 2.50 bits per heavy atom. The quantitative estimate of drug-likeness (QED) is 0.890. The fourth-order valence-electron chi connectivity index (χ4n) is 2.29. The summed E-state index contributed by atoms with van der Waals surface area (Å²) < 4.78 is 26.5. The fourth-order valence-corrected chi connectivity index (χ4v) is 4.07. The molecule has 1 fully saturated rings. The number of nitrogens with zero attached hydrogens (tertiary/aromatic N) is 2. The van der Waals surface area contributed by atoms with Gasteiger partial charge in [-0.1, -0.05) is 6.92 Å². The Labute approximate surface area is 125 Å². The van der Waals surface area contributed by atoms with E-state index in [2.05, 4.69) is 0 Å². The molecule has 2 N–H and O–H groups in total. The van der Waals surface area contributed by atoms with E-state index in [9.17, 15) is 8.42 Å². The highest BCUT2D eigenvalue weighted by Crippen LogP contribution is 2.26. The van der Waals surface area contributed by atoms with E-state index < -0.39 is 10.0 Å². The third kappa shape index (κ3) is 2.96. The van der Waals surface area contributed by atoms with Crippen LogP contribution in [0.2, 0.25) is 0 Å². The van der Waals surface area contributed by atoms with Gasteiger partial charge in [-0.25, -0.2) is 8.42 Å². The Kier molecular flexibility index (Phi) is 5.16. The van der Waals surface area contributed by atoms with Crippen molar-refractivity contribution in [2.24, 2.45) is 11.7 Å². The highest BCUT2D eigenvalue weighted by molar-refractivity contribution is 7.89. The summed E-state index contributed by atoms with van der Waals surface area (Å²) >= 11 is 0. The van der Waals surface area contributed by atoms with Crippen LogP contribution in [0.5, 0.6) is 0 Å². The van der Waals surface area contributed by atoms with Crippen molar-refractivity contribution < 1.29 is 8.42 Å². The normalized spacial score (nSPS) is 23.1. The summed E-state index contributed by atoms with van der Waals surface area (Å²) in [7, 11) is -3.52. The highest BCUT2D eigenvalue weighted by atomic mass is 35.5. The molecule has 1 aliphatic rings. The van der Waals surface area contributed by atoms with Crippen LogP contribution in [0.25, 0.3) is 0 Å². The lowest BCUT2D eigenvalue weighted by Crippen LogP contribution is -2.32. The summed E-state index contributed by atoms with van der Waals surface area (Å²) in [6.45, 7) is 4.45. The standard InChI is InChI=1S/C13H17N3O2S.ClH/c1-9-5-11(6-14)3-4-13(9)19(17,18)16-7-10(2)12(15)8-16;/h3-5,10,12H,7-8,15H2,1-2H3;1H. The number of hydrogen-bond acceptors (Lipinski definition) is 4. The van der Waals surface area contributed by atoms with E-state index in [1.807, 2.05) is 13.0 Å². The number of aryl methyl sites for hydroxylation is 1. The van der Waals surface area contributed by atoms with Crippen LogP contribution in [0.15, 0.2) is 23.1 Å². The van der Waals surface area contributed by atoms with Gasteiger partial charge in [0.05, 0.1) is 16.5 Å². The summed E-state index contributed by atoms with van der Waals surface area (Å²) in [6, 6.07) is 6.50. The molecule has 0 spiro atoms. The van der Waals surface area contributed by atoms with E-state index in [0.29, 0.717) is 24.2 Å². The Morgan fingerprint density at radius 1 is 1.40 bits per heavy atom. The summed E-state index contributed by atoms with van der Waals surface area (Å²) in [6.07, 6.45) is 0. The lowest BCUT2D eigenvalue weighted by atomic mass is 10.1. The molecule has 1 aromatic rings. The van der Waals surface area contributed by atoms with Crippen LogP contribution in [0.1, 0.15) is 18.1 Å². The Hall–Kier alpha value is -1.13. The van der Waals surface area contributed by atoms with Crippen LogP contribution in [-0.2, 0) is 10.0 Å². The molecule has 1 aliphatic heterocycles. The predicted molar refractivity (Wildman–Crippen MR) is 79.0 cm³/mol. The SMILES string of the molecule is Cc1cc(C#N)ccc1S(=O)(=O)N1CC(C)C(N)C1.Cl. The van der Waals surface area contributed by atoms with Crippen molar-refractivity contribution in [2.75, 3.05) is 13.1 Å². The molecule has 0 bridgehead atoms. The van der Waals surface area contributed by atoms with Crippen molar-refractivity contribution in [3.05, 3.63) is 29.3 Å². The first-order valence-electron chi connectivity index (χ1n) is 6.12. The summed E-state index contributed by atoms with van der Waals surface area (Å²) in [5, 5.41) is 8.81. The Balaban J connectivity index is 0.00000200. The van der Waals surface area contributed by atoms with Crippen molar-refractivity contribution in [2.45, 2.75) is 24.8 Å². The largest absolute Gasteiger partial charge is 0.326 e. The Morgan fingerprint density at radius 2 is 2.05 bits per heavy atom. The van der Waals surface area contributed by atoms with Crippen LogP contribution in [0, 0.1) is 24.2 Å². The minimum absolute atomic E-state index is 0. The molecule has 1 aromatic carbocycles. The van der Waals surface area contributed by atoms with Gasteiger partial charge in [-0.3, -0.25) is 0 Å². The molecule has 5 nitrogen and oxygen atoms in total. The molecule has 0 amide bonds. The Bertz CT molecular complexity index is 630. The van der Waals surface area contributed by atoms with Crippen LogP contribution in [0.3, 0.4) is 0 Å². The van der Waals surface area contributed by atoms with Gasteiger partial charge in [-0.05, 0) is 36.6 Å². The molecule has 7 heteroatoms. The number of nitrogens with two attached hydrogens (primary N) is 1. The molecule has 0 radical (unpaired) electrons. The summed E-state index contributed by atoms with van der Waals surface area (Å²) in [4.78, 5) is 0.257. The number of nitriles is 1. The van der Waals surface area contributed by atoms with E-state index >= 15 is 0 Å². The average molecular weight is 316 g/mol. The topological polar surface area (TPSA) is 87.2 Å². The number of rotatable bonds is 2. The van der Waals surface area contributed by atoms with Gasteiger partial charge in [0, 0.05) is 19.1 Å². The molecular formula is C13H18ClN3O2S. The fraction of sp³-hybridized carbons (Fsp3) is 0.462. The van der Waals surface area contributed by atoms with Crippen LogP contribution < -0.4 is 5.73 Å². The summed E-state index contributed by atoms with van der Waals surface area (Å²) in [5.41, 5.74) is 6.93. The van der Waals surface area contributed by atoms with E-state index in [1.54, 1.807) is 13.0 Å². The molecular weight excluding hydrogens is 298 g/mol. The number of benzene rings is 1. The van der Waals surface area contributed by atoms with Crippen molar-refractivity contribution in [1.82, 2.24) is 4.31 Å². The van der Waals surface area contributed by atoms with Gasteiger partial charge in [0.1, 0.15) is 0 Å². The molecule has 2 unspecified atom stereocenters. The lowest BCUT2D eigenvalue weighted by Gasteiger charge is -2.17. The minimum atomic E-state index is -3.52. The maximum atomic E-state index is 12.5. The first kappa shape index (κ1) is 16.9. The second kappa shape index (κ2) is 6.10.